The Kier molecular flexibility index (Phi) is 4.56. The van der Waals surface area contributed by atoms with Crippen LogP contribution in [0.25, 0.3) is 0 Å². The minimum absolute atomic E-state index is 0.213. The van der Waals surface area contributed by atoms with Gasteiger partial charge in [0.25, 0.3) is 0 Å². The van der Waals surface area contributed by atoms with Gasteiger partial charge < -0.3 is 5.32 Å². The molecule has 0 saturated heterocycles. The molecule has 1 aromatic rings. The molecule has 1 aliphatic rings. The highest BCUT2D eigenvalue weighted by Gasteiger charge is 2.34. The van der Waals surface area contributed by atoms with Crippen molar-refractivity contribution in [1.82, 2.24) is 5.32 Å². The van der Waals surface area contributed by atoms with Crippen molar-refractivity contribution in [2.75, 3.05) is 10.6 Å². The number of hydrogen-bond acceptors (Lipinski definition) is 3. The van der Waals surface area contributed by atoms with Crippen LogP contribution in [0.2, 0.25) is 0 Å². The molecule has 1 amide bonds. The molecule has 1 unspecified atom stereocenters. The summed E-state index contributed by atoms with van der Waals surface area (Å²) in [4.78, 5) is 12.4. The lowest BCUT2D eigenvalue weighted by Gasteiger charge is -2.30. The molecule has 1 atom stereocenters. The summed E-state index contributed by atoms with van der Waals surface area (Å²) in [7, 11) is -3.53. The number of nitrogens with zero attached hydrogens (tertiary/aromatic N) is 1. The van der Waals surface area contributed by atoms with Crippen LogP contribution >= 0.6 is 0 Å². The zero-order chi connectivity index (χ0) is 15.6. The third-order valence-electron chi connectivity index (χ3n) is 3.51. The van der Waals surface area contributed by atoms with Crippen LogP contribution in [0.4, 0.5) is 5.69 Å². The van der Waals surface area contributed by atoms with Crippen molar-refractivity contribution in [3.63, 3.8) is 0 Å². The second kappa shape index (κ2) is 6.05. The Morgan fingerprint density at radius 2 is 2.10 bits per heavy atom. The maximum Gasteiger partial charge on any atom is 0.244 e. The standard InChI is InChI=1S/C15H22N2O3S/c1-4-14(15(18)16-12-8-9-12)17(21(3,19)20)13-7-5-6-11(2)10-13/h5-7,10,12,14H,4,8-9H2,1-3H3,(H,16,18). The number of aryl methyl sites for hydroxylation is 1. The summed E-state index contributed by atoms with van der Waals surface area (Å²) in [5.41, 5.74) is 1.49. The van der Waals surface area contributed by atoms with Gasteiger partial charge in [-0.1, -0.05) is 19.1 Å². The van der Waals surface area contributed by atoms with Crippen LogP contribution in [0.3, 0.4) is 0 Å². The summed E-state index contributed by atoms with van der Waals surface area (Å²) in [6, 6.07) is 6.71. The third kappa shape index (κ3) is 3.97. The quantitative estimate of drug-likeness (QED) is 0.871. The molecule has 6 heteroatoms. The van der Waals surface area contributed by atoms with E-state index in [9.17, 15) is 13.2 Å². The van der Waals surface area contributed by atoms with Crippen molar-refractivity contribution < 1.29 is 13.2 Å². The Bertz CT molecular complexity index is 624. The van der Waals surface area contributed by atoms with Crippen molar-refractivity contribution in [3.8, 4) is 0 Å². The third-order valence-corrected chi connectivity index (χ3v) is 4.69. The van der Waals surface area contributed by atoms with Crippen LogP contribution in [-0.2, 0) is 14.8 Å². The number of sulfonamides is 1. The molecule has 1 saturated carbocycles. The van der Waals surface area contributed by atoms with Gasteiger partial charge in [0.2, 0.25) is 15.9 Å². The topological polar surface area (TPSA) is 66.5 Å². The van der Waals surface area contributed by atoms with Crippen LogP contribution in [0, 0.1) is 6.92 Å². The predicted octanol–water partition coefficient (Wildman–Crippen LogP) is 1.82. The first kappa shape index (κ1) is 15.8. The van der Waals surface area contributed by atoms with Gasteiger partial charge in [-0.2, -0.15) is 0 Å². The molecule has 1 fully saturated rings. The van der Waals surface area contributed by atoms with Crippen molar-refractivity contribution in [2.45, 2.75) is 45.2 Å². The highest BCUT2D eigenvalue weighted by atomic mass is 32.2. The largest absolute Gasteiger partial charge is 0.352 e. The minimum Gasteiger partial charge on any atom is -0.352 e. The molecule has 2 rings (SSSR count). The van der Waals surface area contributed by atoms with Gasteiger partial charge in [0.05, 0.1) is 11.9 Å². The van der Waals surface area contributed by atoms with Crippen molar-refractivity contribution in [2.24, 2.45) is 0 Å². The monoisotopic (exact) mass is 310 g/mol. The molecular formula is C15H22N2O3S. The lowest BCUT2D eigenvalue weighted by Crippen LogP contribution is -2.49. The number of benzene rings is 1. The lowest BCUT2D eigenvalue weighted by atomic mass is 10.1. The van der Waals surface area contributed by atoms with Gasteiger partial charge in [0.15, 0.2) is 0 Å². The second-order valence-electron chi connectivity index (χ2n) is 5.60. The molecule has 116 valence electrons. The fourth-order valence-electron chi connectivity index (χ4n) is 2.35. The highest BCUT2D eigenvalue weighted by Crippen LogP contribution is 2.25. The van der Waals surface area contributed by atoms with Gasteiger partial charge in [-0.15, -0.1) is 0 Å². The summed E-state index contributed by atoms with van der Waals surface area (Å²) in [6.07, 6.45) is 3.53. The first-order chi connectivity index (χ1) is 9.82. The first-order valence-corrected chi connectivity index (χ1v) is 9.04. The number of anilines is 1. The van der Waals surface area contributed by atoms with Crippen LogP contribution in [0.1, 0.15) is 31.7 Å². The number of hydrogen-bond donors (Lipinski definition) is 1. The molecular weight excluding hydrogens is 288 g/mol. The number of carbonyl (C=O) groups excluding carboxylic acids is 1. The zero-order valence-electron chi connectivity index (χ0n) is 12.7. The van der Waals surface area contributed by atoms with E-state index >= 15 is 0 Å². The molecule has 0 heterocycles. The van der Waals surface area contributed by atoms with Gasteiger partial charge in [0.1, 0.15) is 6.04 Å². The summed E-state index contributed by atoms with van der Waals surface area (Å²) >= 11 is 0. The molecule has 0 spiro atoms. The van der Waals surface area contributed by atoms with E-state index in [4.69, 9.17) is 0 Å². The average molecular weight is 310 g/mol. The average Bonchev–Trinajstić information content (AvgIpc) is 3.17. The van der Waals surface area contributed by atoms with Crippen LogP contribution in [0.15, 0.2) is 24.3 Å². The van der Waals surface area contributed by atoms with E-state index in [1.54, 1.807) is 18.2 Å². The Morgan fingerprint density at radius 1 is 1.43 bits per heavy atom. The molecule has 1 N–H and O–H groups in total. The fraction of sp³-hybridized carbons (Fsp3) is 0.533. The Labute approximate surface area is 126 Å². The molecule has 1 aromatic carbocycles. The second-order valence-corrected chi connectivity index (χ2v) is 7.46. The van der Waals surface area contributed by atoms with E-state index in [2.05, 4.69) is 5.32 Å². The molecule has 5 nitrogen and oxygen atoms in total. The first-order valence-electron chi connectivity index (χ1n) is 7.19. The van der Waals surface area contributed by atoms with E-state index in [1.807, 2.05) is 19.9 Å². The number of carbonyl (C=O) groups is 1. The summed E-state index contributed by atoms with van der Waals surface area (Å²) in [5, 5.41) is 2.90. The van der Waals surface area contributed by atoms with Gasteiger partial charge in [-0.3, -0.25) is 9.10 Å². The van der Waals surface area contributed by atoms with Crippen LogP contribution in [-0.4, -0.2) is 32.7 Å². The van der Waals surface area contributed by atoms with Crippen molar-refractivity contribution in [1.29, 1.82) is 0 Å². The Morgan fingerprint density at radius 3 is 2.57 bits per heavy atom. The smallest absolute Gasteiger partial charge is 0.244 e. The zero-order valence-corrected chi connectivity index (χ0v) is 13.5. The molecule has 0 aromatic heterocycles. The maximum atomic E-state index is 12.4. The molecule has 1 aliphatic carbocycles. The van der Waals surface area contributed by atoms with Crippen molar-refractivity contribution >= 4 is 21.6 Å². The maximum absolute atomic E-state index is 12.4. The Balaban J connectivity index is 2.35. The molecule has 21 heavy (non-hydrogen) atoms. The molecule has 0 aliphatic heterocycles. The highest BCUT2D eigenvalue weighted by molar-refractivity contribution is 7.92. The van der Waals surface area contributed by atoms with E-state index in [0.717, 1.165) is 24.7 Å². The number of nitrogens with one attached hydrogen (secondary N) is 1. The molecule has 0 radical (unpaired) electrons. The van der Waals surface area contributed by atoms with E-state index in [0.29, 0.717) is 12.1 Å². The summed E-state index contributed by atoms with van der Waals surface area (Å²) < 4.78 is 25.6. The normalized spacial score (nSPS) is 16.3. The number of rotatable bonds is 6. The van der Waals surface area contributed by atoms with Crippen LogP contribution < -0.4 is 9.62 Å². The van der Waals surface area contributed by atoms with E-state index in [-0.39, 0.29) is 11.9 Å². The Hall–Kier alpha value is -1.56. The SMILES string of the molecule is CCC(C(=O)NC1CC1)N(c1cccc(C)c1)S(C)(=O)=O. The summed E-state index contributed by atoms with van der Waals surface area (Å²) in [6.45, 7) is 3.72. The predicted molar refractivity (Wildman–Crippen MR) is 83.7 cm³/mol. The number of amides is 1. The fourth-order valence-corrected chi connectivity index (χ4v) is 3.55. The van der Waals surface area contributed by atoms with Gasteiger partial charge in [-0.25, -0.2) is 8.42 Å². The van der Waals surface area contributed by atoms with E-state index < -0.39 is 16.1 Å². The van der Waals surface area contributed by atoms with E-state index in [1.165, 1.54) is 4.31 Å². The molecule has 0 bridgehead atoms. The van der Waals surface area contributed by atoms with Crippen LogP contribution in [0.5, 0.6) is 0 Å². The van der Waals surface area contributed by atoms with Crippen molar-refractivity contribution in [3.05, 3.63) is 29.8 Å². The van der Waals surface area contributed by atoms with Gasteiger partial charge in [-0.05, 0) is 43.9 Å². The summed E-state index contributed by atoms with van der Waals surface area (Å²) in [5.74, 6) is -0.216. The van der Waals surface area contributed by atoms with Gasteiger partial charge >= 0.3 is 0 Å². The van der Waals surface area contributed by atoms with Gasteiger partial charge in [0, 0.05) is 6.04 Å². The lowest BCUT2D eigenvalue weighted by molar-refractivity contribution is -0.122. The minimum atomic E-state index is -3.53.